The lowest BCUT2D eigenvalue weighted by molar-refractivity contribution is 0.182. The van der Waals surface area contributed by atoms with Gasteiger partial charge in [-0.1, -0.05) is 6.92 Å². The van der Waals surface area contributed by atoms with Crippen LogP contribution in [0.5, 0.6) is 0 Å². The molecule has 1 rings (SSSR count). The van der Waals surface area contributed by atoms with E-state index in [0.29, 0.717) is 0 Å². The molecule has 1 fully saturated rings. The van der Waals surface area contributed by atoms with Crippen LogP contribution in [0.3, 0.4) is 0 Å². The fourth-order valence-corrected chi connectivity index (χ4v) is 2.28. The normalized spacial score (nSPS) is 21.8. The van der Waals surface area contributed by atoms with E-state index in [-0.39, 0.29) is 24.0 Å². The number of nitrogens with one attached hydrogen (secondary N) is 2. The van der Waals surface area contributed by atoms with Crippen molar-refractivity contribution >= 4 is 29.9 Å². The largest absolute Gasteiger partial charge is 0.359 e. The number of nitrogens with zero attached hydrogens (tertiary/aromatic N) is 2. The van der Waals surface area contributed by atoms with Crippen molar-refractivity contribution in [3.05, 3.63) is 0 Å². The molecule has 1 heterocycles. The number of halogens is 1. The summed E-state index contributed by atoms with van der Waals surface area (Å²) in [4.78, 5) is 6.67. The van der Waals surface area contributed by atoms with Crippen LogP contribution < -0.4 is 10.6 Å². The number of rotatable bonds is 4. The summed E-state index contributed by atoms with van der Waals surface area (Å²) in [5, 5.41) is 6.30. The quantitative estimate of drug-likeness (QED) is 0.348. The van der Waals surface area contributed by atoms with E-state index in [1.54, 1.807) is 7.05 Å². The zero-order chi connectivity index (χ0) is 11.8. The van der Waals surface area contributed by atoms with Crippen LogP contribution in [0.15, 0.2) is 4.99 Å². The van der Waals surface area contributed by atoms with Crippen molar-refractivity contribution in [2.75, 3.05) is 40.3 Å². The van der Waals surface area contributed by atoms with Gasteiger partial charge in [0, 0.05) is 27.2 Å². The monoisotopic (exact) mass is 354 g/mol. The molecule has 1 aliphatic rings. The highest BCUT2D eigenvalue weighted by atomic mass is 127. The molecule has 1 atom stereocenters. The van der Waals surface area contributed by atoms with Gasteiger partial charge in [0.25, 0.3) is 0 Å². The first-order chi connectivity index (χ1) is 7.76. The maximum absolute atomic E-state index is 4.08. The van der Waals surface area contributed by atoms with Gasteiger partial charge < -0.3 is 15.5 Å². The van der Waals surface area contributed by atoms with Crippen LogP contribution in [0.4, 0.5) is 0 Å². The van der Waals surface area contributed by atoms with Crippen LogP contribution >= 0.6 is 24.0 Å². The highest BCUT2D eigenvalue weighted by molar-refractivity contribution is 14.0. The molecule has 1 unspecified atom stereocenters. The molecule has 0 aromatic rings. The lowest BCUT2D eigenvalue weighted by Crippen LogP contribution is -2.38. The standard InChI is InChI=1S/C12H26N4.HI/c1-11-6-4-8-16(10-11)9-5-7-15-12(13-2)14-3;/h11H,4-10H2,1-3H3,(H2,13,14,15);1H. The molecule has 1 saturated heterocycles. The number of hydrogen-bond donors (Lipinski definition) is 2. The lowest BCUT2D eigenvalue weighted by atomic mass is 10.0. The first-order valence-electron chi connectivity index (χ1n) is 6.37. The molecule has 0 aromatic carbocycles. The predicted molar refractivity (Wildman–Crippen MR) is 85.3 cm³/mol. The molecule has 0 saturated carbocycles. The Hall–Kier alpha value is -0.0400. The maximum atomic E-state index is 4.08. The van der Waals surface area contributed by atoms with E-state index in [0.717, 1.165) is 18.4 Å². The second kappa shape index (κ2) is 9.94. The van der Waals surface area contributed by atoms with Crippen molar-refractivity contribution in [3.63, 3.8) is 0 Å². The third kappa shape index (κ3) is 7.08. The molecular weight excluding hydrogens is 327 g/mol. The summed E-state index contributed by atoms with van der Waals surface area (Å²) < 4.78 is 0. The number of aliphatic imine (C=N–C) groups is 1. The van der Waals surface area contributed by atoms with Gasteiger partial charge in [-0.2, -0.15) is 0 Å². The van der Waals surface area contributed by atoms with E-state index in [1.165, 1.54) is 38.9 Å². The summed E-state index contributed by atoms with van der Waals surface area (Å²) in [5.74, 6) is 1.76. The molecule has 0 aromatic heterocycles. The molecule has 1 aliphatic heterocycles. The first kappa shape index (κ1) is 17.0. The fraction of sp³-hybridized carbons (Fsp3) is 0.917. The fourth-order valence-electron chi connectivity index (χ4n) is 2.28. The molecule has 0 bridgehead atoms. The van der Waals surface area contributed by atoms with Gasteiger partial charge in [0.2, 0.25) is 0 Å². The van der Waals surface area contributed by atoms with Gasteiger partial charge in [0.05, 0.1) is 0 Å². The first-order valence-corrected chi connectivity index (χ1v) is 6.37. The minimum Gasteiger partial charge on any atom is -0.359 e. The van der Waals surface area contributed by atoms with Gasteiger partial charge in [0.15, 0.2) is 5.96 Å². The van der Waals surface area contributed by atoms with E-state index < -0.39 is 0 Å². The molecule has 0 radical (unpaired) electrons. The van der Waals surface area contributed by atoms with Gasteiger partial charge in [-0.05, 0) is 38.3 Å². The molecule has 0 spiro atoms. The summed E-state index contributed by atoms with van der Waals surface area (Å²) in [6.45, 7) is 7.12. The second-order valence-corrected chi connectivity index (χ2v) is 4.65. The van der Waals surface area contributed by atoms with E-state index in [2.05, 4.69) is 27.4 Å². The summed E-state index contributed by atoms with van der Waals surface area (Å²) >= 11 is 0. The number of guanidine groups is 1. The Morgan fingerprint density at radius 3 is 2.82 bits per heavy atom. The second-order valence-electron chi connectivity index (χ2n) is 4.65. The van der Waals surface area contributed by atoms with Crippen LogP contribution in [0.1, 0.15) is 26.2 Å². The molecule has 102 valence electrons. The SMILES string of the molecule is CN=C(NC)NCCCN1CCCC(C)C1.I. The average Bonchev–Trinajstić information content (AvgIpc) is 2.29. The van der Waals surface area contributed by atoms with E-state index in [9.17, 15) is 0 Å². The predicted octanol–water partition coefficient (Wildman–Crippen LogP) is 1.52. The number of likely N-dealkylation sites (tertiary alicyclic amines) is 1. The van der Waals surface area contributed by atoms with Crippen molar-refractivity contribution in [2.24, 2.45) is 10.9 Å². The lowest BCUT2D eigenvalue weighted by Gasteiger charge is -2.30. The Balaban J connectivity index is 0.00000256. The smallest absolute Gasteiger partial charge is 0.190 e. The summed E-state index contributed by atoms with van der Waals surface area (Å²) in [7, 11) is 3.69. The highest BCUT2D eigenvalue weighted by Crippen LogP contribution is 2.14. The molecule has 4 nitrogen and oxygen atoms in total. The van der Waals surface area contributed by atoms with Gasteiger partial charge >= 0.3 is 0 Å². The molecule has 0 aliphatic carbocycles. The van der Waals surface area contributed by atoms with E-state index in [1.807, 2.05) is 7.05 Å². The van der Waals surface area contributed by atoms with Gasteiger partial charge in [0.1, 0.15) is 0 Å². The topological polar surface area (TPSA) is 39.7 Å². The maximum Gasteiger partial charge on any atom is 0.190 e. The van der Waals surface area contributed by atoms with Crippen LogP contribution in [-0.4, -0.2) is 51.1 Å². The molecule has 0 amide bonds. The minimum atomic E-state index is 0. The Kier molecular flexibility index (Phi) is 9.91. The van der Waals surface area contributed by atoms with Crippen molar-refractivity contribution in [2.45, 2.75) is 26.2 Å². The zero-order valence-electron chi connectivity index (χ0n) is 11.3. The van der Waals surface area contributed by atoms with Crippen LogP contribution in [0.25, 0.3) is 0 Å². The average molecular weight is 354 g/mol. The highest BCUT2D eigenvalue weighted by Gasteiger charge is 2.15. The van der Waals surface area contributed by atoms with Gasteiger partial charge in [-0.15, -0.1) is 24.0 Å². The van der Waals surface area contributed by atoms with Gasteiger partial charge in [-0.3, -0.25) is 4.99 Å². The Morgan fingerprint density at radius 2 is 2.24 bits per heavy atom. The third-order valence-corrected chi connectivity index (χ3v) is 3.15. The Labute approximate surface area is 123 Å². The van der Waals surface area contributed by atoms with Crippen LogP contribution in [0.2, 0.25) is 0 Å². The van der Waals surface area contributed by atoms with Crippen molar-refractivity contribution in [1.82, 2.24) is 15.5 Å². The number of hydrogen-bond acceptors (Lipinski definition) is 2. The Morgan fingerprint density at radius 1 is 1.47 bits per heavy atom. The van der Waals surface area contributed by atoms with Crippen molar-refractivity contribution in [1.29, 1.82) is 0 Å². The van der Waals surface area contributed by atoms with Gasteiger partial charge in [-0.25, -0.2) is 0 Å². The third-order valence-electron chi connectivity index (χ3n) is 3.15. The zero-order valence-corrected chi connectivity index (χ0v) is 13.7. The van der Waals surface area contributed by atoms with E-state index in [4.69, 9.17) is 0 Å². The molecule has 5 heteroatoms. The van der Waals surface area contributed by atoms with E-state index >= 15 is 0 Å². The number of piperidine rings is 1. The molecule has 2 N–H and O–H groups in total. The molecule has 17 heavy (non-hydrogen) atoms. The van der Waals surface area contributed by atoms with Crippen molar-refractivity contribution < 1.29 is 0 Å². The summed E-state index contributed by atoms with van der Waals surface area (Å²) in [6, 6.07) is 0. The van der Waals surface area contributed by atoms with Crippen molar-refractivity contribution in [3.8, 4) is 0 Å². The minimum absolute atomic E-state index is 0. The summed E-state index contributed by atoms with van der Waals surface area (Å²) in [6.07, 6.45) is 3.96. The molecular formula is C12H27IN4. The van der Waals surface area contributed by atoms with Crippen LogP contribution in [0, 0.1) is 5.92 Å². The Bertz CT molecular complexity index is 221. The summed E-state index contributed by atoms with van der Waals surface area (Å²) in [5.41, 5.74) is 0. The van der Waals surface area contributed by atoms with Crippen LogP contribution in [-0.2, 0) is 0 Å².